The summed E-state index contributed by atoms with van der Waals surface area (Å²) in [6.45, 7) is 4.13. The van der Waals surface area contributed by atoms with E-state index in [1.807, 2.05) is 0 Å². The normalized spacial score (nSPS) is 12.0. The highest BCUT2D eigenvalue weighted by Crippen LogP contribution is 2.14. The van der Waals surface area contributed by atoms with Gasteiger partial charge in [-0.05, 0) is 0 Å². The standard InChI is InChI=1S/C13H21N3O8S/c1-8(17)15-9(12(20)21)4-25-5-10(18)11(19)14-6-13(2,3)7-24-16(22)23/h9H,4-7H2,1-3H3,(H,14,19)(H,15,17)(H,20,21)/t9-/m0/s1. The number of carbonyl (C=O) groups is 4. The third kappa shape index (κ3) is 10.9. The van der Waals surface area contributed by atoms with Gasteiger partial charge in [-0.15, -0.1) is 10.1 Å². The quantitative estimate of drug-likeness (QED) is 0.224. The second kappa shape index (κ2) is 10.5. The Labute approximate surface area is 148 Å². The average Bonchev–Trinajstić information content (AvgIpc) is 2.49. The summed E-state index contributed by atoms with van der Waals surface area (Å²) in [4.78, 5) is 59.5. The van der Waals surface area contributed by atoms with E-state index in [-0.39, 0.29) is 24.7 Å². The number of thioether (sulfide) groups is 1. The van der Waals surface area contributed by atoms with Crippen molar-refractivity contribution in [3.05, 3.63) is 10.1 Å². The second-order valence-electron chi connectivity index (χ2n) is 5.87. The topological polar surface area (TPSA) is 165 Å². The predicted molar refractivity (Wildman–Crippen MR) is 87.3 cm³/mol. The van der Waals surface area contributed by atoms with Crippen LogP contribution in [-0.4, -0.2) is 64.5 Å². The van der Waals surface area contributed by atoms with E-state index in [9.17, 15) is 29.3 Å². The van der Waals surface area contributed by atoms with Gasteiger partial charge in [0, 0.05) is 24.6 Å². The highest BCUT2D eigenvalue weighted by Gasteiger charge is 2.24. The molecule has 0 aliphatic heterocycles. The Morgan fingerprint density at radius 2 is 1.92 bits per heavy atom. The molecule has 0 unspecified atom stereocenters. The molecule has 3 N–H and O–H groups in total. The zero-order valence-electron chi connectivity index (χ0n) is 14.1. The lowest BCUT2D eigenvalue weighted by molar-refractivity contribution is -0.760. The fraction of sp³-hybridized carbons (Fsp3) is 0.692. The summed E-state index contributed by atoms with van der Waals surface area (Å²) < 4.78 is 0. The average molecular weight is 379 g/mol. The van der Waals surface area contributed by atoms with Gasteiger partial charge in [0.2, 0.25) is 11.7 Å². The van der Waals surface area contributed by atoms with Gasteiger partial charge in [0.25, 0.3) is 11.0 Å². The maximum absolute atomic E-state index is 11.7. The van der Waals surface area contributed by atoms with Gasteiger partial charge in [-0.3, -0.25) is 14.4 Å². The largest absolute Gasteiger partial charge is 0.480 e. The van der Waals surface area contributed by atoms with Crippen LogP contribution < -0.4 is 10.6 Å². The SMILES string of the molecule is CC(=O)N[C@@H](CSCC(=O)C(=O)NCC(C)(C)CO[N+](=O)[O-])C(=O)O. The molecular weight excluding hydrogens is 358 g/mol. The number of amides is 2. The summed E-state index contributed by atoms with van der Waals surface area (Å²) in [5.41, 5.74) is -0.754. The lowest BCUT2D eigenvalue weighted by Crippen LogP contribution is -2.42. The zero-order valence-corrected chi connectivity index (χ0v) is 14.9. The molecule has 0 heterocycles. The first kappa shape index (κ1) is 22.6. The first-order valence-electron chi connectivity index (χ1n) is 7.10. The van der Waals surface area contributed by atoms with Crippen LogP contribution in [0.4, 0.5) is 0 Å². The van der Waals surface area contributed by atoms with E-state index in [4.69, 9.17) is 5.11 Å². The molecule has 0 aromatic rings. The van der Waals surface area contributed by atoms with E-state index in [1.165, 1.54) is 6.92 Å². The van der Waals surface area contributed by atoms with Crippen molar-refractivity contribution in [2.45, 2.75) is 26.8 Å². The summed E-state index contributed by atoms with van der Waals surface area (Å²) in [7, 11) is 0. The molecule has 0 aliphatic rings. The van der Waals surface area contributed by atoms with Crippen LogP contribution in [0.15, 0.2) is 0 Å². The van der Waals surface area contributed by atoms with Crippen LogP contribution in [-0.2, 0) is 24.0 Å². The van der Waals surface area contributed by atoms with Crippen molar-refractivity contribution in [3.63, 3.8) is 0 Å². The van der Waals surface area contributed by atoms with Crippen molar-refractivity contribution in [1.82, 2.24) is 10.6 Å². The number of nitrogens with one attached hydrogen (secondary N) is 2. The Morgan fingerprint density at radius 3 is 2.40 bits per heavy atom. The number of Topliss-reactive ketones (excluding diaryl/α,β-unsaturated/α-hetero) is 1. The van der Waals surface area contributed by atoms with Gasteiger partial charge in [0.1, 0.15) is 12.6 Å². The smallest absolute Gasteiger partial charge is 0.327 e. The van der Waals surface area contributed by atoms with Crippen molar-refractivity contribution < 1.29 is 34.2 Å². The number of rotatable bonds is 12. The Bertz CT molecular complexity index is 537. The van der Waals surface area contributed by atoms with Crippen LogP contribution in [0, 0.1) is 15.5 Å². The van der Waals surface area contributed by atoms with Crippen molar-refractivity contribution in [2.24, 2.45) is 5.41 Å². The molecular formula is C13H21N3O8S. The predicted octanol–water partition coefficient (Wildman–Crippen LogP) is -0.771. The number of hydrogen-bond donors (Lipinski definition) is 3. The first-order chi connectivity index (χ1) is 11.4. The molecule has 0 radical (unpaired) electrons. The summed E-state index contributed by atoms with van der Waals surface area (Å²) in [6.07, 6.45) is 0. The second-order valence-corrected chi connectivity index (χ2v) is 6.90. The first-order valence-corrected chi connectivity index (χ1v) is 8.26. The highest BCUT2D eigenvalue weighted by atomic mass is 32.2. The number of carbonyl (C=O) groups excluding carboxylic acids is 3. The van der Waals surface area contributed by atoms with Crippen LogP contribution in [0.1, 0.15) is 20.8 Å². The van der Waals surface area contributed by atoms with E-state index < -0.39 is 40.1 Å². The van der Waals surface area contributed by atoms with Gasteiger partial charge in [-0.1, -0.05) is 13.8 Å². The molecule has 0 aromatic heterocycles. The zero-order chi connectivity index (χ0) is 19.6. The maximum atomic E-state index is 11.7. The van der Waals surface area contributed by atoms with E-state index in [0.29, 0.717) is 0 Å². The minimum atomic E-state index is -1.24. The number of nitrogens with zero attached hydrogens (tertiary/aromatic N) is 1. The van der Waals surface area contributed by atoms with Crippen LogP contribution in [0.25, 0.3) is 0 Å². The van der Waals surface area contributed by atoms with Crippen LogP contribution in [0.3, 0.4) is 0 Å². The third-order valence-electron chi connectivity index (χ3n) is 2.73. The summed E-state index contributed by atoms with van der Waals surface area (Å²) in [6, 6.07) is -1.16. The number of aliphatic carboxylic acids is 1. The number of carboxylic acids is 1. The monoisotopic (exact) mass is 379 g/mol. The van der Waals surface area contributed by atoms with Crippen molar-refractivity contribution in [2.75, 3.05) is 24.7 Å². The number of ketones is 1. The minimum absolute atomic E-state index is 0.0142. The van der Waals surface area contributed by atoms with Gasteiger partial charge in [0.15, 0.2) is 0 Å². The van der Waals surface area contributed by atoms with Gasteiger partial charge >= 0.3 is 5.97 Å². The molecule has 0 aromatic carbocycles. The molecule has 25 heavy (non-hydrogen) atoms. The minimum Gasteiger partial charge on any atom is -0.480 e. The Kier molecular flexibility index (Phi) is 9.49. The molecule has 11 nitrogen and oxygen atoms in total. The Hall–Kier alpha value is -2.37. The molecule has 0 saturated carbocycles. The van der Waals surface area contributed by atoms with Crippen molar-refractivity contribution >= 4 is 35.3 Å². The molecule has 2 amide bonds. The molecule has 0 rings (SSSR count). The maximum Gasteiger partial charge on any atom is 0.327 e. The summed E-state index contributed by atoms with van der Waals surface area (Å²) in [5, 5.41) is 22.7. The molecule has 0 spiro atoms. The Morgan fingerprint density at radius 1 is 1.32 bits per heavy atom. The molecule has 0 bridgehead atoms. The molecule has 1 atom stereocenters. The van der Waals surface area contributed by atoms with E-state index in [0.717, 1.165) is 11.8 Å². The lowest BCUT2D eigenvalue weighted by Gasteiger charge is -2.23. The summed E-state index contributed by atoms with van der Waals surface area (Å²) in [5.74, 6) is -3.75. The molecule has 0 saturated heterocycles. The fourth-order valence-corrected chi connectivity index (χ4v) is 2.35. The number of hydrogen-bond acceptors (Lipinski definition) is 8. The van der Waals surface area contributed by atoms with Crippen LogP contribution in [0.2, 0.25) is 0 Å². The fourth-order valence-electron chi connectivity index (χ4n) is 1.45. The lowest BCUT2D eigenvalue weighted by atomic mass is 9.95. The molecule has 0 fully saturated rings. The highest BCUT2D eigenvalue weighted by molar-refractivity contribution is 8.00. The van der Waals surface area contributed by atoms with Crippen LogP contribution in [0.5, 0.6) is 0 Å². The molecule has 142 valence electrons. The third-order valence-corrected chi connectivity index (χ3v) is 3.77. The van der Waals surface area contributed by atoms with E-state index in [1.54, 1.807) is 13.8 Å². The van der Waals surface area contributed by atoms with E-state index >= 15 is 0 Å². The molecule has 12 heteroatoms. The van der Waals surface area contributed by atoms with Crippen molar-refractivity contribution in [1.29, 1.82) is 0 Å². The van der Waals surface area contributed by atoms with Crippen molar-refractivity contribution in [3.8, 4) is 0 Å². The van der Waals surface area contributed by atoms with Gasteiger partial charge in [-0.2, -0.15) is 11.8 Å². The summed E-state index contributed by atoms with van der Waals surface area (Å²) >= 11 is 0.896. The van der Waals surface area contributed by atoms with Crippen LogP contribution >= 0.6 is 11.8 Å². The van der Waals surface area contributed by atoms with Gasteiger partial charge in [-0.25, -0.2) is 4.79 Å². The van der Waals surface area contributed by atoms with E-state index in [2.05, 4.69) is 15.5 Å². The van der Waals surface area contributed by atoms with Gasteiger partial charge in [0.05, 0.1) is 5.75 Å². The van der Waals surface area contributed by atoms with Gasteiger partial charge < -0.3 is 20.6 Å². The number of carboxylic acid groups (broad SMARTS) is 1. The molecule has 0 aliphatic carbocycles. The Balaban J connectivity index is 4.25.